The molecule has 0 saturated heterocycles. The number of fused-ring (bicyclic) bond motifs is 1. The fraction of sp³-hybridized carbons (Fsp3) is 0.758. The largest absolute Gasteiger partial charge is 0.490 e. The van der Waals surface area contributed by atoms with Crippen LogP contribution in [0.2, 0.25) is 0 Å². The first-order valence-corrected chi connectivity index (χ1v) is 16.1. The Labute approximate surface area is 247 Å². The van der Waals surface area contributed by atoms with Crippen LogP contribution in [0.4, 0.5) is 5.69 Å². The van der Waals surface area contributed by atoms with Crippen molar-refractivity contribution in [2.24, 2.45) is 17.8 Å². The van der Waals surface area contributed by atoms with E-state index >= 15 is 0 Å². The Morgan fingerprint density at radius 3 is 2.51 bits per heavy atom. The maximum atomic E-state index is 14.3. The van der Waals surface area contributed by atoms with Gasteiger partial charge in [0.25, 0.3) is 5.91 Å². The van der Waals surface area contributed by atoms with Crippen LogP contribution < -0.4 is 10.1 Å². The highest BCUT2D eigenvalue weighted by molar-refractivity contribution is 6.00. The summed E-state index contributed by atoms with van der Waals surface area (Å²) in [6, 6.07) is 5.03. The van der Waals surface area contributed by atoms with E-state index in [1.807, 2.05) is 26.0 Å². The van der Waals surface area contributed by atoms with Gasteiger partial charge in [-0.3, -0.25) is 9.59 Å². The lowest BCUT2D eigenvalue weighted by molar-refractivity contribution is -0.120. The lowest BCUT2D eigenvalue weighted by atomic mass is 9.88. The van der Waals surface area contributed by atoms with Crippen molar-refractivity contribution in [3.05, 3.63) is 23.8 Å². The second-order valence-electron chi connectivity index (χ2n) is 13.0. The van der Waals surface area contributed by atoms with Crippen molar-refractivity contribution in [2.75, 3.05) is 45.2 Å². The summed E-state index contributed by atoms with van der Waals surface area (Å²) in [5.74, 6) is 1.23. The number of benzene rings is 1. The van der Waals surface area contributed by atoms with Crippen LogP contribution in [0.3, 0.4) is 0 Å². The summed E-state index contributed by atoms with van der Waals surface area (Å²) in [6.07, 6.45) is 10.5. The average Bonchev–Trinajstić information content (AvgIpc) is 3.78. The number of hydrogen-bond donors (Lipinski definition) is 2. The van der Waals surface area contributed by atoms with Gasteiger partial charge in [-0.15, -0.1) is 0 Å². The molecule has 2 saturated carbocycles. The van der Waals surface area contributed by atoms with Gasteiger partial charge >= 0.3 is 0 Å². The summed E-state index contributed by atoms with van der Waals surface area (Å²) < 4.78 is 12.8. The van der Waals surface area contributed by atoms with Crippen molar-refractivity contribution in [3.8, 4) is 5.75 Å². The smallest absolute Gasteiger partial charge is 0.258 e. The van der Waals surface area contributed by atoms with Gasteiger partial charge in [-0.25, -0.2) is 0 Å². The zero-order valence-corrected chi connectivity index (χ0v) is 25.8. The van der Waals surface area contributed by atoms with Crippen LogP contribution in [0.5, 0.6) is 5.75 Å². The number of anilines is 1. The monoisotopic (exact) mass is 571 g/mol. The van der Waals surface area contributed by atoms with Crippen molar-refractivity contribution in [2.45, 2.75) is 103 Å². The number of aliphatic hydroxyl groups is 1. The first-order valence-electron chi connectivity index (χ1n) is 16.1. The van der Waals surface area contributed by atoms with Crippen molar-refractivity contribution >= 4 is 17.5 Å². The number of carbonyl (C=O) groups excluding carboxylic acids is 2. The Morgan fingerprint density at radius 2 is 1.80 bits per heavy atom. The van der Waals surface area contributed by atoms with Crippen LogP contribution in [0, 0.1) is 17.8 Å². The molecule has 0 spiro atoms. The van der Waals surface area contributed by atoms with E-state index in [0.29, 0.717) is 30.2 Å². The molecule has 2 amide bonds. The Morgan fingerprint density at radius 1 is 1.07 bits per heavy atom. The number of ether oxygens (including phenoxy) is 2. The van der Waals surface area contributed by atoms with Crippen LogP contribution in [0.1, 0.15) is 95.3 Å². The van der Waals surface area contributed by atoms with Crippen molar-refractivity contribution in [1.82, 2.24) is 9.80 Å². The van der Waals surface area contributed by atoms with Crippen LogP contribution >= 0.6 is 0 Å². The third-order valence-electron chi connectivity index (χ3n) is 9.05. The Hall–Kier alpha value is -2.16. The molecule has 230 valence electrons. The van der Waals surface area contributed by atoms with E-state index in [4.69, 9.17) is 9.47 Å². The van der Waals surface area contributed by atoms with E-state index in [-0.39, 0.29) is 48.5 Å². The molecule has 2 N–H and O–H groups in total. The highest BCUT2D eigenvalue weighted by Gasteiger charge is 2.31. The minimum absolute atomic E-state index is 0.0165. The second kappa shape index (κ2) is 15.4. The number of nitrogens with one attached hydrogen (secondary N) is 1. The van der Waals surface area contributed by atoms with Crippen LogP contribution in [0.15, 0.2) is 18.2 Å². The maximum absolute atomic E-state index is 14.3. The number of nitrogens with zero attached hydrogens (tertiary/aromatic N) is 2. The molecule has 3 aliphatic rings. The van der Waals surface area contributed by atoms with Gasteiger partial charge < -0.3 is 29.7 Å². The van der Waals surface area contributed by atoms with Crippen LogP contribution in [-0.2, 0) is 9.53 Å². The highest BCUT2D eigenvalue weighted by Crippen LogP contribution is 2.31. The van der Waals surface area contributed by atoms with E-state index < -0.39 is 0 Å². The predicted octanol–water partition coefficient (Wildman–Crippen LogP) is 5.34. The van der Waals surface area contributed by atoms with Gasteiger partial charge in [0.15, 0.2) is 0 Å². The SMILES string of the molecule is C[C@@H]1CCCCO[C@@H](CN(C)CC2CC2)[C@H](C)CN([C@@H](C)CO)C(=O)c2cc(NC(=O)C3CCCCC3)ccc2O1. The summed E-state index contributed by atoms with van der Waals surface area (Å²) in [5.41, 5.74) is 1.03. The van der Waals surface area contributed by atoms with E-state index in [1.54, 1.807) is 11.0 Å². The Balaban J connectivity index is 1.59. The molecule has 1 aromatic rings. The number of aliphatic hydroxyl groups excluding tert-OH is 1. The summed E-state index contributed by atoms with van der Waals surface area (Å²) in [7, 11) is 2.16. The molecule has 8 nitrogen and oxygen atoms in total. The molecule has 8 heteroatoms. The van der Waals surface area contributed by atoms with Gasteiger partial charge in [0, 0.05) is 43.8 Å². The van der Waals surface area contributed by atoms with Crippen molar-refractivity contribution < 1.29 is 24.2 Å². The van der Waals surface area contributed by atoms with Crippen LogP contribution in [-0.4, -0.2) is 84.9 Å². The molecule has 1 heterocycles. The number of carbonyl (C=O) groups is 2. The summed E-state index contributed by atoms with van der Waals surface area (Å²) in [4.78, 5) is 31.4. The average molecular weight is 572 g/mol. The van der Waals surface area contributed by atoms with Gasteiger partial charge in [0.1, 0.15) is 5.75 Å². The lowest BCUT2D eigenvalue weighted by Gasteiger charge is -2.36. The normalized spacial score (nSPS) is 26.1. The highest BCUT2D eigenvalue weighted by atomic mass is 16.5. The molecule has 1 aliphatic heterocycles. The molecule has 1 aromatic carbocycles. The topological polar surface area (TPSA) is 91.3 Å². The second-order valence-corrected chi connectivity index (χ2v) is 13.0. The molecule has 2 aliphatic carbocycles. The molecule has 2 fully saturated rings. The quantitative estimate of drug-likeness (QED) is 0.438. The standard InChI is InChI=1S/C33H53N3O5/c1-23-19-36(24(2)22-37)33(39)29-18-28(34-32(38)27-11-6-5-7-12-27)15-16-30(29)41-25(3)10-8-9-17-40-31(23)21-35(4)20-26-13-14-26/h15-16,18,23-27,31,37H,5-14,17,19-22H2,1-4H3,(H,34,38)/t23-,24+,25-,31+/m1/s1. The summed E-state index contributed by atoms with van der Waals surface area (Å²) in [5, 5.41) is 13.2. The minimum Gasteiger partial charge on any atom is -0.490 e. The number of rotatable bonds is 8. The zero-order chi connectivity index (χ0) is 29.4. The van der Waals surface area contributed by atoms with Gasteiger partial charge in [-0.05, 0) is 90.0 Å². The van der Waals surface area contributed by atoms with E-state index in [2.05, 4.69) is 24.2 Å². The fourth-order valence-corrected chi connectivity index (χ4v) is 6.19. The number of likely N-dealkylation sites (N-methyl/N-ethyl adjacent to an activating group) is 1. The van der Waals surface area contributed by atoms with Gasteiger partial charge in [0.2, 0.25) is 5.91 Å². The minimum atomic E-state index is -0.381. The molecule has 0 bridgehead atoms. The predicted molar refractivity (Wildman–Crippen MR) is 162 cm³/mol. The molecular formula is C33H53N3O5. The Kier molecular flexibility index (Phi) is 11.9. The molecular weight excluding hydrogens is 518 g/mol. The van der Waals surface area contributed by atoms with Crippen molar-refractivity contribution in [3.63, 3.8) is 0 Å². The van der Waals surface area contributed by atoms with Gasteiger partial charge in [0.05, 0.1) is 30.4 Å². The van der Waals surface area contributed by atoms with E-state index in [1.165, 1.54) is 19.3 Å². The number of amides is 2. The summed E-state index contributed by atoms with van der Waals surface area (Å²) in [6.45, 7) is 8.95. The fourth-order valence-electron chi connectivity index (χ4n) is 6.19. The maximum Gasteiger partial charge on any atom is 0.258 e. The van der Waals surface area contributed by atoms with Crippen molar-refractivity contribution in [1.29, 1.82) is 0 Å². The molecule has 0 unspecified atom stereocenters. The van der Waals surface area contributed by atoms with Crippen LogP contribution in [0.25, 0.3) is 0 Å². The van der Waals surface area contributed by atoms with Gasteiger partial charge in [-0.2, -0.15) is 0 Å². The van der Waals surface area contributed by atoms with E-state index in [0.717, 1.165) is 64.0 Å². The van der Waals surface area contributed by atoms with Gasteiger partial charge in [-0.1, -0.05) is 26.2 Å². The first-order chi connectivity index (χ1) is 19.7. The molecule has 41 heavy (non-hydrogen) atoms. The third-order valence-corrected chi connectivity index (χ3v) is 9.05. The lowest BCUT2D eigenvalue weighted by Crippen LogP contribution is -2.47. The Bertz CT molecular complexity index is 993. The number of hydrogen-bond acceptors (Lipinski definition) is 6. The summed E-state index contributed by atoms with van der Waals surface area (Å²) >= 11 is 0. The molecule has 4 rings (SSSR count). The molecule has 0 radical (unpaired) electrons. The van der Waals surface area contributed by atoms with E-state index in [9.17, 15) is 14.7 Å². The molecule has 4 atom stereocenters. The first kappa shape index (κ1) is 31.8. The third kappa shape index (κ3) is 9.42. The zero-order valence-electron chi connectivity index (χ0n) is 25.8. The molecule has 0 aromatic heterocycles.